The highest BCUT2D eigenvalue weighted by Gasteiger charge is 2.11. The SMILES string of the molecule is N#Cc1cc(N)c(Oc2cccc3nccn23)c(I)c1. The van der Waals surface area contributed by atoms with E-state index in [1.54, 1.807) is 18.3 Å². The van der Waals surface area contributed by atoms with Crippen LogP contribution in [0.3, 0.4) is 0 Å². The topological polar surface area (TPSA) is 76.3 Å². The Morgan fingerprint density at radius 1 is 1.35 bits per heavy atom. The molecule has 1 aromatic carbocycles. The van der Waals surface area contributed by atoms with E-state index >= 15 is 0 Å². The predicted octanol–water partition coefficient (Wildman–Crippen LogP) is 3.19. The number of pyridine rings is 1. The second-order valence-corrected chi connectivity index (χ2v) is 5.27. The van der Waals surface area contributed by atoms with Crippen LogP contribution in [-0.2, 0) is 0 Å². The molecule has 0 unspecified atom stereocenters. The minimum atomic E-state index is 0.436. The number of nitriles is 1. The second-order valence-electron chi connectivity index (χ2n) is 4.11. The average molecular weight is 376 g/mol. The van der Waals surface area contributed by atoms with E-state index in [-0.39, 0.29) is 0 Å². The van der Waals surface area contributed by atoms with Gasteiger partial charge in [0.25, 0.3) is 0 Å². The van der Waals surface area contributed by atoms with Crippen LogP contribution in [0, 0.1) is 14.9 Å². The van der Waals surface area contributed by atoms with Crippen LogP contribution < -0.4 is 10.5 Å². The van der Waals surface area contributed by atoms with Gasteiger partial charge in [-0.05, 0) is 46.9 Å². The van der Waals surface area contributed by atoms with Crippen LogP contribution in [0.15, 0.2) is 42.7 Å². The molecule has 0 saturated carbocycles. The molecule has 5 nitrogen and oxygen atoms in total. The first-order valence-corrected chi connectivity index (χ1v) is 6.86. The molecule has 0 aliphatic heterocycles. The van der Waals surface area contributed by atoms with Gasteiger partial charge in [0.15, 0.2) is 5.75 Å². The summed E-state index contributed by atoms with van der Waals surface area (Å²) >= 11 is 2.10. The van der Waals surface area contributed by atoms with E-state index in [1.807, 2.05) is 28.8 Å². The Morgan fingerprint density at radius 2 is 2.20 bits per heavy atom. The number of benzene rings is 1. The molecule has 6 heteroatoms. The molecule has 0 aliphatic carbocycles. The Labute approximate surface area is 128 Å². The highest BCUT2D eigenvalue weighted by molar-refractivity contribution is 14.1. The van der Waals surface area contributed by atoms with Crippen molar-refractivity contribution < 1.29 is 4.74 Å². The highest BCUT2D eigenvalue weighted by Crippen LogP contribution is 2.33. The van der Waals surface area contributed by atoms with E-state index in [0.717, 1.165) is 9.22 Å². The zero-order valence-electron chi connectivity index (χ0n) is 10.2. The molecule has 20 heavy (non-hydrogen) atoms. The molecule has 0 spiro atoms. The molecule has 0 saturated heterocycles. The summed E-state index contributed by atoms with van der Waals surface area (Å²) in [6, 6.07) is 11.0. The first-order valence-electron chi connectivity index (χ1n) is 5.78. The third-order valence-electron chi connectivity index (χ3n) is 2.80. The molecule has 0 atom stereocenters. The zero-order valence-corrected chi connectivity index (χ0v) is 12.4. The number of fused-ring (bicyclic) bond motifs is 1. The number of halogens is 1. The van der Waals surface area contributed by atoms with Crippen molar-refractivity contribution in [3.63, 3.8) is 0 Å². The number of nitrogens with two attached hydrogens (primary N) is 1. The van der Waals surface area contributed by atoms with Gasteiger partial charge in [0.05, 0.1) is 20.9 Å². The van der Waals surface area contributed by atoms with Gasteiger partial charge in [0.2, 0.25) is 5.88 Å². The summed E-state index contributed by atoms with van der Waals surface area (Å²) in [6.07, 6.45) is 3.52. The first-order chi connectivity index (χ1) is 9.69. The average Bonchev–Trinajstić information content (AvgIpc) is 2.91. The van der Waals surface area contributed by atoms with Crippen LogP contribution in [0.2, 0.25) is 0 Å². The molecule has 2 heterocycles. The lowest BCUT2D eigenvalue weighted by Crippen LogP contribution is -1.99. The third kappa shape index (κ3) is 2.16. The standard InChI is InChI=1S/C14H9IN4O/c15-10-6-9(8-16)7-11(17)14(10)20-13-3-1-2-12-18-4-5-19(12)13/h1-7H,17H2. The molecule has 0 fully saturated rings. The van der Waals surface area contributed by atoms with Crippen molar-refractivity contribution in [3.8, 4) is 17.7 Å². The van der Waals surface area contributed by atoms with Gasteiger partial charge in [-0.3, -0.25) is 4.40 Å². The Morgan fingerprint density at radius 3 is 2.95 bits per heavy atom. The molecular weight excluding hydrogens is 367 g/mol. The summed E-state index contributed by atoms with van der Waals surface area (Å²) in [7, 11) is 0. The maximum absolute atomic E-state index is 8.92. The fourth-order valence-electron chi connectivity index (χ4n) is 1.90. The molecule has 0 bridgehead atoms. The van der Waals surface area contributed by atoms with Crippen molar-refractivity contribution in [2.75, 3.05) is 5.73 Å². The number of nitrogen functional groups attached to an aromatic ring is 1. The molecule has 2 N–H and O–H groups in total. The number of rotatable bonds is 2. The minimum Gasteiger partial charge on any atom is -0.437 e. The fraction of sp³-hybridized carbons (Fsp3) is 0. The summed E-state index contributed by atoms with van der Waals surface area (Å²) in [4.78, 5) is 4.20. The van der Waals surface area contributed by atoms with Gasteiger partial charge in [-0.25, -0.2) is 4.98 Å². The summed E-state index contributed by atoms with van der Waals surface area (Å²) in [6.45, 7) is 0. The van der Waals surface area contributed by atoms with Gasteiger partial charge in [-0.2, -0.15) is 5.26 Å². The van der Waals surface area contributed by atoms with Gasteiger partial charge in [-0.1, -0.05) is 6.07 Å². The molecule has 0 aliphatic rings. The van der Waals surface area contributed by atoms with Gasteiger partial charge >= 0.3 is 0 Å². The number of hydrogen-bond donors (Lipinski definition) is 1. The molecule has 2 aromatic heterocycles. The first kappa shape index (κ1) is 12.7. The smallest absolute Gasteiger partial charge is 0.205 e. The monoisotopic (exact) mass is 376 g/mol. The molecule has 3 rings (SSSR count). The summed E-state index contributed by atoms with van der Waals surface area (Å²) in [5.74, 6) is 1.17. The normalized spacial score (nSPS) is 10.4. The van der Waals surface area contributed by atoms with Crippen LogP contribution in [0.5, 0.6) is 11.6 Å². The zero-order chi connectivity index (χ0) is 14.1. The highest BCUT2D eigenvalue weighted by atomic mass is 127. The van der Waals surface area contributed by atoms with E-state index in [0.29, 0.717) is 22.9 Å². The maximum atomic E-state index is 8.92. The van der Waals surface area contributed by atoms with Gasteiger partial charge in [0.1, 0.15) is 5.65 Å². The Kier molecular flexibility index (Phi) is 3.20. The van der Waals surface area contributed by atoms with Crippen LogP contribution in [-0.4, -0.2) is 9.38 Å². The Balaban J connectivity index is 2.08. The largest absolute Gasteiger partial charge is 0.437 e. The van der Waals surface area contributed by atoms with Crippen molar-refractivity contribution in [1.29, 1.82) is 5.26 Å². The minimum absolute atomic E-state index is 0.436. The van der Waals surface area contributed by atoms with Crippen LogP contribution in [0.4, 0.5) is 5.69 Å². The number of hydrogen-bond acceptors (Lipinski definition) is 4. The molecule has 98 valence electrons. The fourth-order valence-corrected chi connectivity index (χ4v) is 2.65. The second kappa shape index (κ2) is 5.02. The van der Waals surface area contributed by atoms with Crippen molar-refractivity contribution in [2.45, 2.75) is 0 Å². The quantitative estimate of drug-likeness (QED) is 0.551. The van der Waals surface area contributed by atoms with E-state index in [9.17, 15) is 0 Å². The van der Waals surface area contributed by atoms with E-state index in [4.69, 9.17) is 15.7 Å². The summed E-state index contributed by atoms with van der Waals surface area (Å²) < 4.78 is 8.51. The number of ether oxygens (including phenoxy) is 1. The van der Waals surface area contributed by atoms with Gasteiger partial charge in [-0.15, -0.1) is 0 Å². The van der Waals surface area contributed by atoms with E-state index in [2.05, 4.69) is 33.6 Å². The maximum Gasteiger partial charge on any atom is 0.205 e. The number of aromatic nitrogens is 2. The lowest BCUT2D eigenvalue weighted by molar-refractivity contribution is 0.455. The lowest BCUT2D eigenvalue weighted by atomic mass is 10.2. The van der Waals surface area contributed by atoms with Crippen molar-refractivity contribution in [1.82, 2.24) is 9.38 Å². The predicted molar refractivity (Wildman–Crippen MR) is 83.6 cm³/mol. The Bertz CT molecular complexity index is 812. The number of imidazole rings is 1. The molecular formula is C14H9IN4O. The van der Waals surface area contributed by atoms with Crippen molar-refractivity contribution >= 4 is 33.9 Å². The van der Waals surface area contributed by atoms with Crippen molar-refractivity contribution in [3.05, 3.63) is 51.9 Å². The Hall–Kier alpha value is -2.27. The third-order valence-corrected chi connectivity index (χ3v) is 3.60. The summed E-state index contributed by atoms with van der Waals surface area (Å²) in [5.41, 5.74) is 7.70. The van der Waals surface area contributed by atoms with Gasteiger partial charge < -0.3 is 10.5 Å². The van der Waals surface area contributed by atoms with Crippen LogP contribution >= 0.6 is 22.6 Å². The van der Waals surface area contributed by atoms with Crippen LogP contribution in [0.25, 0.3) is 5.65 Å². The van der Waals surface area contributed by atoms with Crippen molar-refractivity contribution in [2.24, 2.45) is 0 Å². The summed E-state index contributed by atoms with van der Waals surface area (Å²) in [5, 5.41) is 8.92. The van der Waals surface area contributed by atoms with E-state index < -0.39 is 0 Å². The number of anilines is 1. The molecule has 0 amide bonds. The molecule has 0 radical (unpaired) electrons. The lowest BCUT2D eigenvalue weighted by Gasteiger charge is -2.12. The van der Waals surface area contributed by atoms with Crippen LogP contribution in [0.1, 0.15) is 5.56 Å². The van der Waals surface area contributed by atoms with Gasteiger partial charge in [0, 0.05) is 12.4 Å². The number of nitrogens with zero attached hydrogens (tertiary/aromatic N) is 3. The van der Waals surface area contributed by atoms with E-state index in [1.165, 1.54) is 0 Å². The molecule has 3 aromatic rings.